The maximum Gasteiger partial charge on any atom is 0.416 e. The molecule has 7 nitrogen and oxygen atoms in total. The maximum absolute atomic E-state index is 17.7. The number of ether oxygens (including phenoxy) is 3. The Bertz CT molecular complexity index is 1970. The average Bonchev–Trinajstić information content (AvgIpc) is 3.19. The second-order valence-electron chi connectivity index (χ2n) is 16.6. The van der Waals surface area contributed by atoms with Crippen LogP contribution in [0.15, 0.2) is 60.9 Å². The van der Waals surface area contributed by atoms with Crippen LogP contribution in [0.4, 0.5) is 32.3 Å². The lowest BCUT2D eigenvalue weighted by atomic mass is 9.68. The van der Waals surface area contributed by atoms with Gasteiger partial charge in [-0.2, -0.15) is 13.2 Å². The Kier molecular flexibility index (Phi) is 11.9. The highest BCUT2D eigenvalue weighted by atomic mass is 19.4. The second kappa shape index (κ2) is 16.6. The first kappa shape index (κ1) is 40.9. The van der Waals surface area contributed by atoms with E-state index in [4.69, 9.17) is 19.2 Å². The molecule has 1 unspecified atom stereocenters. The first-order valence-electron chi connectivity index (χ1n) is 19.7. The van der Waals surface area contributed by atoms with Gasteiger partial charge in [-0.3, -0.25) is 4.98 Å². The van der Waals surface area contributed by atoms with E-state index in [1.165, 1.54) is 12.1 Å². The molecular formula is C44H50F6N4O3. The molecule has 0 amide bonds. The van der Waals surface area contributed by atoms with Gasteiger partial charge < -0.3 is 19.1 Å². The van der Waals surface area contributed by atoms with Crippen molar-refractivity contribution in [3.63, 3.8) is 0 Å². The molecule has 0 radical (unpaired) electrons. The Hall–Kier alpha value is -4.23. The van der Waals surface area contributed by atoms with E-state index in [1.54, 1.807) is 26.6 Å². The number of rotatable bonds is 11. The fraction of sp³-hybridized carbons (Fsp3) is 0.523. The number of alkyl halides is 6. The molecule has 57 heavy (non-hydrogen) atoms. The van der Waals surface area contributed by atoms with Crippen LogP contribution in [0.2, 0.25) is 0 Å². The molecule has 0 spiro atoms. The van der Waals surface area contributed by atoms with Gasteiger partial charge in [-0.1, -0.05) is 38.1 Å². The molecule has 0 N–H and O–H groups in total. The van der Waals surface area contributed by atoms with Gasteiger partial charge in [0.2, 0.25) is 11.9 Å². The predicted molar refractivity (Wildman–Crippen MR) is 204 cm³/mol. The molecule has 2 aromatic carbocycles. The van der Waals surface area contributed by atoms with Crippen molar-refractivity contribution in [3.8, 4) is 5.75 Å². The second-order valence-corrected chi connectivity index (χ2v) is 16.6. The van der Waals surface area contributed by atoms with Crippen LogP contribution in [0.5, 0.6) is 5.75 Å². The fourth-order valence-electron chi connectivity index (χ4n) is 8.85. The molecule has 13 heteroatoms. The summed E-state index contributed by atoms with van der Waals surface area (Å²) >= 11 is 0. The fourth-order valence-corrected chi connectivity index (χ4v) is 8.85. The summed E-state index contributed by atoms with van der Waals surface area (Å²) in [6.45, 7) is 6.05. The minimum atomic E-state index is -4.59. The highest BCUT2D eigenvalue weighted by Crippen LogP contribution is 2.53. The molecule has 7 rings (SSSR count). The maximum atomic E-state index is 17.7. The van der Waals surface area contributed by atoms with E-state index < -0.39 is 35.9 Å². The van der Waals surface area contributed by atoms with E-state index >= 15 is 4.39 Å². The zero-order chi connectivity index (χ0) is 40.5. The van der Waals surface area contributed by atoms with E-state index in [-0.39, 0.29) is 49.2 Å². The van der Waals surface area contributed by atoms with Crippen LogP contribution in [-0.4, -0.2) is 48.2 Å². The van der Waals surface area contributed by atoms with Gasteiger partial charge >= 0.3 is 6.18 Å². The molecule has 1 saturated heterocycles. The van der Waals surface area contributed by atoms with Crippen LogP contribution in [0.3, 0.4) is 0 Å². The van der Waals surface area contributed by atoms with Crippen molar-refractivity contribution in [2.24, 2.45) is 5.41 Å². The number of benzene rings is 2. The van der Waals surface area contributed by atoms with Crippen LogP contribution >= 0.6 is 0 Å². The lowest BCUT2D eigenvalue weighted by molar-refractivity contribution is -0.137. The van der Waals surface area contributed by atoms with Crippen LogP contribution in [0.1, 0.15) is 133 Å². The summed E-state index contributed by atoms with van der Waals surface area (Å²) in [6, 6.07) is 11.7. The predicted octanol–water partition coefficient (Wildman–Crippen LogP) is 11.0. The van der Waals surface area contributed by atoms with Crippen molar-refractivity contribution in [1.29, 1.82) is 0 Å². The number of piperidine rings is 1. The number of anilines is 1. The summed E-state index contributed by atoms with van der Waals surface area (Å²) in [4.78, 5) is 16.5. The number of methoxy groups -OCH3 is 2. The first-order valence-corrected chi connectivity index (χ1v) is 19.7. The van der Waals surface area contributed by atoms with Gasteiger partial charge in [-0.25, -0.2) is 23.1 Å². The Balaban J connectivity index is 1.34. The van der Waals surface area contributed by atoms with Gasteiger partial charge in [0.25, 0.3) is 0 Å². The Labute approximate surface area is 330 Å². The van der Waals surface area contributed by atoms with Gasteiger partial charge in [0.05, 0.1) is 37.7 Å². The zero-order valence-electron chi connectivity index (χ0n) is 32.8. The number of hydrogen-bond donors (Lipinski definition) is 0. The standard InChI is InChI=1S/C44H50F6N4O3/c1-42(2)21-34-37(35(22-42)57-26-27-5-11-33(56-4)12-6-27)36(29-13-17-43(46,47)18-14-29)38(39(45)30-7-9-32(10-8-30)44(48,49)50)40(53-34)31-15-19-54(20-16-31)41-51-23-28(24-52-41)25-55-3/h5-12,23-24,29,31,35,39H,13-22,25-26H2,1-4H3/t35-,39?/m0/s1. The van der Waals surface area contributed by atoms with E-state index in [0.717, 1.165) is 34.5 Å². The summed E-state index contributed by atoms with van der Waals surface area (Å²) in [5.41, 5.74) is 3.69. The van der Waals surface area contributed by atoms with Crippen molar-refractivity contribution in [3.05, 3.63) is 111 Å². The zero-order valence-corrected chi connectivity index (χ0v) is 32.8. The minimum absolute atomic E-state index is 0.0576. The van der Waals surface area contributed by atoms with Crippen molar-refractivity contribution >= 4 is 5.95 Å². The van der Waals surface area contributed by atoms with E-state index in [2.05, 4.69) is 28.7 Å². The number of aromatic nitrogens is 3. The van der Waals surface area contributed by atoms with Crippen LogP contribution in [0.25, 0.3) is 0 Å². The van der Waals surface area contributed by atoms with Crippen LogP contribution in [0, 0.1) is 5.41 Å². The summed E-state index contributed by atoms with van der Waals surface area (Å²) in [7, 11) is 3.20. The number of fused-ring (bicyclic) bond motifs is 1. The van der Waals surface area contributed by atoms with Gasteiger partial charge in [0, 0.05) is 73.7 Å². The van der Waals surface area contributed by atoms with Gasteiger partial charge in [-0.15, -0.1) is 0 Å². The van der Waals surface area contributed by atoms with Gasteiger partial charge in [0.1, 0.15) is 5.75 Å². The molecule has 4 aromatic rings. The SMILES string of the molecule is COCc1cnc(N2CCC(c3nc4c(c(C5CCC(F)(F)CC5)c3C(F)c3ccc(C(F)(F)F)cc3)[C@@H](OCc3ccc(OC)cc3)CC(C)(C)C4)CC2)nc1. The summed E-state index contributed by atoms with van der Waals surface area (Å²) < 4.78 is 106. The summed E-state index contributed by atoms with van der Waals surface area (Å²) in [5, 5.41) is 0. The monoisotopic (exact) mass is 796 g/mol. The number of nitrogens with zero attached hydrogens (tertiary/aromatic N) is 4. The molecule has 306 valence electrons. The average molecular weight is 797 g/mol. The summed E-state index contributed by atoms with van der Waals surface area (Å²) in [5.74, 6) is -2.19. The molecule has 2 fully saturated rings. The highest BCUT2D eigenvalue weighted by Gasteiger charge is 2.44. The third-order valence-corrected chi connectivity index (χ3v) is 11.8. The lowest BCUT2D eigenvalue weighted by Crippen LogP contribution is -2.36. The lowest BCUT2D eigenvalue weighted by Gasteiger charge is -2.42. The van der Waals surface area contributed by atoms with Crippen LogP contribution in [-0.2, 0) is 35.3 Å². The van der Waals surface area contributed by atoms with Crippen molar-refractivity contribution in [2.75, 3.05) is 32.2 Å². The Morgan fingerprint density at radius 2 is 1.47 bits per heavy atom. The number of hydrogen-bond acceptors (Lipinski definition) is 7. The topological polar surface area (TPSA) is 69.6 Å². The first-order chi connectivity index (χ1) is 27.1. The van der Waals surface area contributed by atoms with Crippen molar-refractivity contribution in [2.45, 2.75) is 115 Å². The number of halogens is 6. The van der Waals surface area contributed by atoms with Gasteiger partial charge in [0.15, 0.2) is 6.17 Å². The Morgan fingerprint density at radius 1 is 0.825 bits per heavy atom. The molecule has 0 bridgehead atoms. The van der Waals surface area contributed by atoms with Crippen molar-refractivity contribution < 1.29 is 40.6 Å². The summed E-state index contributed by atoms with van der Waals surface area (Å²) in [6.07, 6.45) is -1.58. The van der Waals surface area contributed by atoms with E-state index in [0.29, 0.717) is 73.9 Å². The number of pyridine rings is 1. The van der Waals surface area contributed by atoms with Crippen LogP contribution < -0.4 is 9.64 Å². The molecule has 1 saturated carbocycles. The normalized spacial score (nSPS) is 20.6. The highest BCUT2D eigenvalue weighted by molar-refractivity contribution is 5.51. The van der Waals surface area contributed by atoms with Crippen molar-refractivity contribution in [1.82, 2.24) is 15.0 Å². The smallest absolute Gasteiger partial charge is 0.416 e. The third-order valence-electron chi connectivity index (χ3n) is 11.8. The molecule has 3 aliphatic rings. The quantitative estimate of drug-likeness (QED) is 0.140. The van der Waals surface area contributed by atoms with Gasteiger partial charge in [-0.05, 0) is 90.8 Å². The minimum Gasteiger partial charge on any atom is -0.497 e. The Morgan fingerprint density at radius 3 is 2.07 bits per heavy atom. The molecule has 3 heterocycles. The molecule has 2 aromatic heterocycles. The van der Waals surface area contributed by atoms with E-state index in [9.17, 15) is 22.0 Å². The van der Waals surface area contributed by atoms with E-state index in [1.807, 2.05) is 24.3 Å². The molecular weight excluding hydrogens is 746 g/mol. The largest absolute Gasteiger partial charge is 0.497 e. The molecule has 2 atom stereocenters. The molecule has 2 aliphatic carbocycles. The third kappa shape index (κ3) is 9.25. The molecule has 1 aliphatic heterocycles.